The molecule has 0 unspecified atom stereocenters. The van der Waals surface area contributed by atoms with Gasteiger partial charge in [-0.2, -0.15) is 0 Å². The summed E-state index contributed by atoms with van der Waals surface area (Å²) < 4.78 is 0. The first-order valence-electron chi connectivity index (χ1n) is 6.52. The highest BCUT2D eigenvalue weighted by Gasteiger charge is 2.26. The molecule has 20 heavy (non-hydrogen) atoms. The zero-order valence-corrected chi connectivity index (χ0v) is 10.9. The molecule has 0 spiro atoms. The van der Waals surface area contributed by atoms with Gasteiger partial charge < -0.3 is 20.6 Å². The predicted octanol–water partition coefficient (Wildman–Crippen LogP) is 1.47. The number of carboxylic acids is 1. The Morgan fingerprint density at radius 1 is 1.00 bits per heavy atom. The van der Waals surface area contributed by atoms with E-state index in [1.165, 1.54) is 12.1 Å². The van der Waals surface area contributed by atoms with Gasteiger partial charge in [-0.1, -0.05) is 0 Å². The number of benzene rings is 1. The Kier molecular flexibility index (Phi) is 4.12. The SMILES string of the molecule is O=C(NC1CCC(C(=O)O)CC1)c1cc(O)cc(O)c1. The van der Waals surface area contributed by atoms with Crippen molar-refractivity contribution in [2.45, 2.75) is 31.7 Å². The number of phenols is 2. The molecule has 0 heterocycles. The van der Waals surface area contributed by atoms with Crippen LogP contribution in [0.15, 0.2) is 18.2 Å². The maximum absolute atomic E-state index is 12.0. The molecule has 0 radical (unpaired) electrons. The van der Waals surface area contributed by atoms with E-state index in [0.717, 1.165) is 6.07 Å². The second-order valence-corrected chi connectivity index (χ2v) is 5.10. The van der Waals surface area contributed by atoms with E-state index in [2.05, 4.69) is 5.32 Å². The number of hydrogen-bond donors (Lipinski definition) is 4. The van der Waals surface area contributed by atoms with E-state index in [1.807, 2.05) is 0 Å². The van der Waals surface area contributed by atoms with Crippen LogP contribution in [0.5, 0.6) is 11.5 Å². The molecule has 1 saturated carbocycles. The van der Waals surface area contributed by atoms with E-state index in [1.54, 1.807) is 0 Å². The quantitative estimate of drug-likeness (QED) is 0.670. The van der Waals surface area contributed by atoms with Crippen LogP contribution in [0.1, 0.15) is 36.0 Å². The number of amides is 1. The fourth-order valence-corrected chi connectivity index (χ4v) is 2.48. The van der Waals surface area contributed by atoms with Crippen molar-refractivity contribution in [3.63, 3.8) is 0 Å². The van der Waals surface area contributed by atoms with E-state index in [0.29, 0.717) is 25.7 Å². The van der Waals surface area contributed by atoms with Crippen LogP contribution in [0.3, 0.4) is 0 Å². The van der Waals surface area contributed by atoms with E-state index in [9.17, 15) is 19.8 Å². The second-order valence-electron chi connectivity index (χ2n) is 5.10. The van der Waals surface area contributed by atoms with Crippen LogP contribution >= 0.6 is 0 Å². The van der Waals surface area contributed by atoms with Gasteiger partial charge in [-0.25, -0.2) is 0 Å². The van der Waals surface area contributed by atoms with Gasteiger partial charge in [-0.05, 0) is 37.8 Å². The van der Waals surface area contributed by atoms with Crippen LogP contribution in [0.25, 0.3) is 0 Å². The lowest BCUT2D eigenvalue weighted by molar-refractivity contribution is -0.142. The van der Waals surface area contributed by atoms with Gasteiger partial charge in [0.25, 0.3) is 5.91 Å². The molecule has 0 aromatic heterocycles. The van der Waals surface area contributed by atoms with Crippen molar-refractivity contribution in [2.75, 3.05) is 0 Å². The van der Waals surface area contributed by atoms with Crippen LogP contribution < -0.4 is 5.32 Å². The lowest BCUT2D eigenvalue weighted by Gasteiger charge is -2.26. The molecule has 1 aromatic carbocycles. The normalized spacial score (nSPS) is 22.2. The van der Waals surface area contributed by atoms with E-state index in [4.69, 9.17) is 5.11 Å². The molecule has 1 aliphatic carbocycles. The topological polar surface area (TPSA) is 107 Å². The first-order valence-corrected chi connectivity index (χ1v) is 6.52. The molecular formula is C14H17NO5. The summed E-state index contributed by atoms with van der Waals surface area (Å²) in [7, 11) is 0. The average molecular weight is 279 g/mol. The number of aromatic hydroxyl groups is 2. The molecule has 0 bridgehead atoms. The Morgan fingerprint density at radius 3 is 2.05 bits per heavy atom. The van der Waals surface area contributed by atoms with Gasteiger partial charge >= 0.3 is 5.97 Å². The molecule has 4 N–H and O–H groups in total. The maximum atomic E-state index is 12.0. The number of aliphatic carboxylic acids is 1. The van der Waals surface area contributed by atoms with Crippen molar-refractivity contribution in [2.24, 2.45) is 5.92 Å². The molecular weight excluding hydrogens is 262 g/mol. The van der Waals surface area contributed by atoms with Crippen molar-refractivity contribution >= 4 is 11.9 Å². The van der Waals surface area contributed by atoms with Gasteiger partial charge in [0.1, 0.15) is 11.5 Å². The summed E-state index contributed by atoms with van der Waals surface area (Å²) in [5.41, 5.74) is 0.183. The number of hydrogen-bond acceptors (Lipinski definition) is 4. The van der Waals surface area contributed by atoms with Gasteiger partial charge in [0, 0.05) is 17.7 Å². The van der Waals surface area contributed by atoms with Gasteiger partial charge in [0.15, 0.2) is 0 Å². The molecule has 1 amide bonds. The minimum atomic E-state index is -0.785. The monoisotopic (exact) mass is 279 g/mol. The highest BCUT2D eigenvalue weighted by atomic mass is 16.4. The number of carboxylic acid groups (broad SMARTS) is 1. The molecule has 1 fully saturated rings. The minimum absolute atomic E-state index is 0.0670. The van der Waals surface area contributed by atoms with Gasteiger partial charge in [-0.15, -0.1) is 0 Å². The van der Waals surface area contributed by atoms with Crippen LogP contribution in [-0.2, 0) is 4.79 Å². The molecule has 6 nitrogen and oxygen atoms in total. The third-order valence-electron chi connectivity index (χ3n) is 3.58. The van der Waals surface area contributed by atoms with Gasteiger partial charge in [0.05, 0.1) is 5.92 Å². The summed E-state index contributed by atoms with van der Waals surface area (Å²) in [6.07, 6.45) is 2.33. The molecule has 0 aliphatic heterocycles. The lowest BCUT2D eigenvalue weighted by Crippen LogP contribution is -2.38. The number of carbonyl (C=O) groups is 2. The van der Waals surface area contributed by atoms with Crippen LogP contribution in [0, 0.1) is 5.92 Å². The van der Waals surface area contributed by atoms with Crippen molar-refractivity contribution in [3.05, 3.63) is 23.8 Å². The molecule has 2 rings (SSSR count). The number of rotatable bonds is 3. The average Bonchev–Trinajstić information content (AvgIpc) is 2.38. The third kappa shape index (κ3) is 3.40. The molecule has 0 atom stereocenters. The van der Waals surface area contributed by atoms with Gasteiger partial charge in [0.2, 0.25) is 0 Å². The Balaban J connectivity index is 1.94. The summed E-state index contributed by atoms with van der Waals surface area (Å²) in [6.45, 7) is 0. The molecule has 1 aromatic rings. The van der Waals surface area contributed by atoms with Crippen molar-refractivity contribution in [3.8, 4) is 11.5 Å². The Morgan fingerprint density at radius 2 is 1.55 bits per heavy atom. The first-order chi connectivity index (χ1) is 9.45. The van der Waals surface area contributed by atoms with Crippen LogP contribution in [0.4, 0.5) is 0 Å². The summed E-state index contributed by atoms with van der Waals surface area (Å²) in [5.74, 6) is -1.84. The second kappa shape index (κ2) is 5.81. The van der Waals surface area contributed by atoms with Crippen molar-refractivity contribution in [1.82, 2.24) is 5.32 Å². The zero-order valence-electron chi connectivity index (χ0n) is 10.9. The fourth-order valence-electron chi connectivity index (χ4n) is 2.48. The largest absolute Gasteiger partial charge is 0.508 e. The Hall–Kier alpha value is -2.24. The molecule has 0 saturated heterocycles. The lowest BCUT2D eigenvalue weighted by atomic mass is 9.86. The smallest absolute Gasteiger partial charge is 0.306 e. The first kappa shape index (κ1) is 14.2. The molecule has 6 heteroatoms. The third-order valence-corrected chi connectivity index (χ3v) is 3.58. The highest BCUT2D eigenvalue weighted by molar-refractivity contribution is 5.95. The summed E-state index contributed by atoms with van der Waals surface area (Å²) in [5, 5.41) is 30.4. The van der Waals surface area contributed by atoms with E-state index >= 15 is 0 Å². The summed E-state index contributed by atoms with van der Waals surface area (Å²) in [6, 6.07) is 3.63. The molecule has 1 aliphatic rings. The van der Waals surface area contributed by atoms with E-state index in [-0.39, 0.29) is 34.9 Å². The Labute approximate surface area is 116 Å². The Bertz CT molecular complexity index is 500. The number of nitrogens with one attached hydrogen (secondary N) is 1. The highest BCUT2D eigenvalue weighted by Crippen LogP contribution is 2.25. The zero-order chi connectivity index (χ0) is 14.7. The van der Waals surface area contributed by atoms with Crippen molar-refractivity contribution < 1.29 is 24.9 Å². The molecule has 108 valence electrons. The minimum Gasteiger partial charge on any atom is -0.508 e. The predicted molar refractivity (Wildman–Crippen MR) is 70.6 cm³/mol. The summed E-state index contributed by atoms with van der Waals surface area (Å²) >= 11 is 0. The fraction of sp³-hybridized carbons (Fsp3) is 0.429. The summed E-state index contributed by atoms with van der Waals surface area (Å²) in [4.78, 5) is 22.8. The van der Waals surface area contributed by atoms with Gasteiger partial charge in [-0.3, -0.25) is 9.59 Å². The van der Waals surface area contributed by atoms with Crippen LogP contribution in [-0.4, -0.2) is 33.2 Å². The van der Waals surface area contributed by atoms with E-state index < -0.39 is 5.97 Å². The number of phenolic OH excluding ortho intramolecular Hbond substituents is 2. The van der Waals surface area contributed by atoms with Crippen molar-refractivity contribution in [1.29, 1.82) is 0 Å². The number of carbonyl (C=O) groups excluding carboxylic acids is 1. The standard InChI is InChI=1S/C14H17NO5/c16-11-5-9(6-12(17)7-11)13(18)15-10-3-1-8(2-4-10)14(19)20/h5-8,10,16-17H,1-4H2,(H,15,18)(H,19,20). The maximum Gasteiger partial charge on any atom is 0.306 e. The van der Waals surface area contributed by atoms with Crippen LogP contribution in [0.2, 0.25) is 0 Å².